The number of benzene rings is 2. The maximum atomic E-state index is 12.9. The second-order valence-corrected chi connectivity index (χ2v) is 3.97. The third-order valence-corrected chi connectivity index (χ3v) is 2.49. The fraction of sp³-hybridized carbons (Fsp3) is 0.0714. The summed E-state index contributed by atoms with van der Waals surface area (Å²) >= 11 is 0. The van der Waals surface area contributed by atoms with Crippen LogP contribution < -0.4 is 5.43 Å². The fourth-order valence-electron chi connectivity index (χ4n) is 1.58. The Kier molecular flexibility index (Phi) is 4.02. The van der Waals surface area contributed by atoms with Gasteiger partial charge in [0.25, 0.3) is 0 Å². The van der Waals surface area contributed by atoms with Gasteiger partial charge >= 0.3 is 6.18 Å². The summed E-state index contributed by atoms with van der Waals surface area (Å²) in [5.74, 6) is -0.939. The van der Waals surface area contributed by atoms with Crippen LogP contribution in [0.2, 0.25) is 0 Å². The summed E-state index contributed by atoms with van der Waals surface area (Å²) in [5, 5.41) is 3.72. The molecule has 0 bridgehead atoms. The Hall–Kier alpha value is -2.37. The standard InChI is InChI=1S/C14H10F4N2/c15-11-7-6-10(13(8-11)14(16,17)18)9-19-20-12-4-2-1-3-5-12/h1-9,20H. The van der Waals surface area contributed by atoms with Gasteiger partial charge in [-0.2, -0.15) is 18.3 Å². The van der Waals surface area contributed by atoms with E-state index in [9.17, 15) is 17.6 Å². The summed E-state index contributed by atoms with van der Waals surface area (Å²) in [6.45, 7) is 0. The largest absolute Gasteiger partial charge is 0.417 e. The molecular formula is C14H10F4N2. The van der Waals surface area contributed by atoms with Crippen LogP contribution in [-0.2, 0) is 6.18 Å². The molecule has 0 aliphatic carbocycles. The summed E-state index contributed by atoms with van der Waals surface area (Å²) in [7, 11) is 0. The molecule has 0 amide bonds. The van der Waals surface area contributed by atoms with Crippen molar-refractivity contribution in [3.05, 3.63) is 65.5 Å². The van der Waals surface area contributed by atoms with Crippen molar-refractivity contribution in [3.8, 4) is 0 Å². The lowest BCUT2D eigenvalue weighted by Gasteiger charge is -2.09. The fourth-order valence-corrected chi connectivity index (χ4v) is 1.58. The van der Waals surface area contributed by atoms with E-state index in [0.29, 0.717) is 11.8 Å². The van der Waals surface area contributed by atoms with Crippen molar-refractivity contribution in [1.29, 1.82) is 0 Å². The normalized spacial score (nSPS) is 11.8. The highest BCUT2D eigenvalue weighted by atomic mass is 19.4. The summed E-state index contributed by atoms with van der Waals surface area (Å²) in [5.41, 5.74) is 1.97. The summed E-state index contributed by atoms with van der Waals surface area (Å²) in [4.78, 5) is 0. The number of para-hydroxylation sites is 1. The molecule has 0 spiro atoms. The van der Waals surface area contributed by atoms with E-state index in [1.54, 1.807) is 30.3 Å². The third kappa shape index (κ3) is 3.57. The molecule has 2 rings (SSSR count). The van der Waals surface area contributed by atoms with Crippen molar-refractivity contribution in [2.75, 3.05) is 5.43 Å². The molecule has 2 aromatic carbocycles. The Balaban J connectivity index is 2.21. The highest BCUT2D eigenvalue weighted by Gasteiger charge is 2.33. The molecule has 6 heteroatoms. The van der Waals surface area contributed by atoms with Crippen LogP contribution in [0, 0.1) is 5.82 Å². The topological polar surface area (TPSA) is 24.4 Å². The zero-order valence-corrected chi connectivity index (χ0v) is 10.2. The maximum absolute atomic E-state index is 12.9. The maximum Gasteiger partial charge on any atom is 0.417 e. The number of alkyl halides is 3. The van der Waals surface area contributed by atoms with Crippen LogP contribution in [0.15, 0.2) is 53.6 Å². The van der Waals surface area contributed by atoms with Crippen LogP contribution in [0.5, 0.6) is 0 Å². The minimum atomic E-state index is -4.63. The second kappa shape index (κ2) is 5.73. The van der Waals surface area contributed by atoms with Gasteiger partial charge in [0.2, 0.25) is 0 Å². The first-order valence-corrected chi connectivity index (χ1v) is 5.68. The van der Waals surface area contributed by atoms with E-state index in [4.69, 9.17) is 0 Å². The average molecular weight is 282 g/mol. The number of anilines is 1. The van der Waals surface area contributed by atoms with Gasteiger partial charge in [-0.3, -0.25) is 5.43 Å². The lowest BCUT2D eigenvalue weighted by atomic mass is 10.1. The molecule has 0 radical (unpaired) electrons. The van der Waals surface area contributed by atoms with Crippen LogP contribution in [0.25, 0.3) is 0 Å². The highest BCUT2D eigenvalue weighted by Crippen LogP contribution is 2.31. The molecule has 0 unspecified atom stereocenters. The van der Waals surface area contributed by atoms with Crippen molar-refractivity contribution >= 4 is 11.9 Å². The predicted molar refractivity (Wildman–Crippen MR) is 69.1 cm³/mol. The van der Waals surface area contributed by atoms with Crippen molar-refractivity contribution in [1.82, 2.24) is 0 Å². The molecule has 1 N–H and O–H groups in total. The molecule has 0 atom stereocenters. The van der Waals surface area contributed by atoms with Gasteiger partial charge in [0.1, 0.15) is 5.82 Å². The number of hydrazone groups is 1. The van der Waals surface area contributed by atoms with Crippen molar-refractivity contribution < 1.29 is 17.6 Å². The Morgan fingerprint density at radius 2 is 1.70 bits per heavy atom. The second-order valence-electron chi connectivity index (χ2n) is 3.97. The van der Waals surface area contributed by atoms with Gasteiger partial charge in [-0.25, -0.2) is 4.39 Å². The highest BCUT2D eigenvalue weighted by molar-refractivity contribution is 5.82. The van der Waals surface area contributed by atoms with E-state index in [2.05, 4.69) is 10.5 Å². The van der Waals surface area contributed by atoms with Gasteiger partial charge in [0, 0.05) is 5.56 Å². The Morgan fingerprint density at radius 3 is 2.35 bits per heavy atom. The van der Waals surface area contributed by atoms with E-state index < -0.39 is 17.6 Å². The lowest BCUT2D eigenvalue weighted by molar-refractivity contribution is -0.137. The minimum Gasteiger partial charge on any atom is -0.279 e. The van der Waals surface area contributed by atoms with Gasteiger partial charge in [-0.15, -0.1) is 0 Å². The Bertz CT molecular complexity index is 606. The van der Waals surface area contributed by atoms with Crippen molar-refractivity contribution in [2.45, 2.75) is 6.18 Å². The predicted octanol–water partition coefficient (Wildman–Crippen LogP) is 4.29. The first-order valence-electron chi connectivity index (χ1n) is 5.68. The van der Waals surface area contributed by atoms with Crippen molar-refractivity contribution in [3.63, 3.8) is 0 Å². The van der Waals surface area contributed by atoms with E-state index in [-0.39, 0.29) is 5.56 Å². The zero-order valence-electron chi connectivity index (χ0n) is 10.2. The minimum absolute atomic E-state index is 0.206. The third-order valence-electron chi connectivity index (χ3n) is 2.49. The van der Waals surface area contributed by atoms with Crippen LogP contribution >= 0.6 is 0 Å². The Labute approximate surface area is 112 Å². The quantitative estimate of drug-likeness (QED) is 0.507. The molecule has 0 aliphatic rings. The summed E-state index contributed by atoms with van der Waals surface area (Å²) in [6.07, 6.45) is -3.62. The molecule has 2 nitrogen and oxygen atoms in total. The molecule has 2 aromatic rings. The number of rotatable bonds is 3. The molecular weight excluding hydrogens is 272 g/mol. The van der Waals surface area contributed by atoms with Crippen LogP contribution in [0.4, 0.5) is 23.2 Å². The van der Waals surface area contributed by atoms with Gasteiger partial charge in [-0.05, 0) is 30.3 Å². The number of nitrogens with zero attached hydrogens (tertiary/aromatic N) is 1. The molecule has 0 saturated heterocycles. The van der Waals surface area contributed by atoms with Gasteiger partial charge < -0.3 is 0 Å². The monoisotopic (exact) mass is 282 g/mol. The number of halogens is 4. The van der Waals surface area contributed by atoms with Crippen molar-refractivity contribution in [2.24, 2.45) is 5.10 Å². The van der Waals surface area contributed by atoms with E-state index in [1.165, 1.54) is 0 Å². The summed E-state index contributed by atoms with van der Waals surface area (Å²) in [6, 6.07) is 11.2. The molecule has 0 fully saturated rings. The van der Waals surface area contributed by atoms with Crippen LogP contribution in [0.3, 0.4) is 0 Å². The van der Waals surface area contributed by atoms with Gasteiger partial charge in [0.05, 0.1) is 17.5 Å². The summed E-state index contributed by atoms with van der Waals surface area (Å²) < 4.78 is 51.1. The number of nitrogens with one attached hydrogen (secondary N) is 1. The van der Waals surface area contributed by atoms with E-state index >= 15 is 0 Å². The lowest BCUT2D eigenvalue weighted by Crippen LogP contribution is -2.09. The first-order chi connectivity index (χ1) is 9.47. The van der Waals surface area contributed by atoms with Crippen LogP contribution in [-0.4, -0.2) is 6.21 Å². The molecule has 0 aromatic heterocycles. The van der Waals surface area contributed by atoms with Gasteiger partial charge in [0.15, 0.2) is 0 Å². The Morgan fingerprint density at radius 1 is 1.00 bits per heavy atom. The molecule has 104 valence electrons. The zero-order chi connectivity index (χ0) is 14.6. The molecule has 20 heavy (non-hydrogen) atoms. The SMILES string of the molecule is Fc1ccc(C=NNc2ccccc2)c(C(F)(F)F)c1. The smallest absolute Gasteiger partial charge is 0.279 e. The molecule has 0 heterocycles. The van der Waals surface area contributed by atoms with Crippen LogP contribution in [0.1, 0.15) is 11.1 Å². The average Bonchev–Trinajstić information content (AvgIpc) is 2.40. The molecule has 0 aliphatic heterocycles. The first kappa shape index (κ1) is 14.0. The van der Waals surface area contributed by atoms with Gasteiger partial charge in [-0.1, -0.05) is 18.2 Å². The van der Waals surface area contributed by atoms with E-state index in [0.717, 1.165) is 18.3 Å². The van der Waals surface area contributed by atoms with E-state index in [1.807, 2.05) is 0 Å². The molecule has 0 saturated carbocycles. The number of hydrogen-bond acceptors (Lipinski definition) is 2. The number of hydrogen-bond donors (Lipinski definition) is 1.